The van der Waals surface area contributed by atoms with Crippen LogP contribution in [-0.4, -0.2) is 128 Å². The number of Topliss-reactive ketones (excluding diaryl/α,β-unsaturated/α-hetero) is 1. The van der Waals surface area contributed by atoms with Crippen molar-refractivity contribution in [3.8, 4) is 0 Å². The predicted octanol–water partition coefficient (Wildman–Crippen LogP) is 4.85. The van der Waals surface area contributed by atoms with Gasteiger partial charge in [0.2, 0.25) is 0 Å². The fourth-order valence-electron chi connectivity index (χ4n) is 7.38. The quantitative estimate of drug-likeness (QED) is 0.210. The molecule has 298 valence electrons. The third-order valence-corrected chi connectivity index (χ3v) is 10.5. The van der Waals surface area contributed by atoms with Gasteiger partial charge in [0.1, 0.15) is 18.1 Å². The molecule has 13 nitrogen and oxygen atoms in total. The predicted molar refractivity (Wildman–Crippen MR) is 198 cm³/mol. The summed E-state index contributed by atoms with van der Waals surface area (Å²) in [5, 5.41) is 3.47. The van der Waals surface area contributed by atoms with Crippen LogP contribution in [0.5, 0.6) is 0 Å². The van der Waals surface area contributed by atoms with E-state index < -0.39 is 71.4 Å². The zero-order valence-corrected chi connectivity index (χ0v) is 33.6. The molecule has 1 amide bonds. The second-order valence-corrected chi connectivity index (χ2v) is 16.7. The number of esters is 2. The summed E-state index contributed by atoms with van der Waals surface area (Å²) >= 11 is 0. The van der Waals surface area contributed by atoms with E-state index in [0.29, 0.717) is 31.0 Å². The highest BCUT2D eigenvalue weighted by molar-refractivity contribution is 6.00. The summed E-state index contributed by atoms with van der Waals surface area (Å²) in [7, 11) is 5.38. The molecule has 53 heavy (non-hydrogen) atoms. The molecule has 4 rings (SSSR count). The zero-order chi connectivity index (χ0) is 39.2. The number of likely N-dealkylation sites (N-methyl/N-ethyl adjacent to an activating group) is 1. The molecule has 13 heteroatoms. The van der Waals surface area contributed by atoms with E-state index >= 15 is 0 Å². The molecule has 1 aromatic carbocycles. The average Bonchev–Trinajstić information content (AvgIpc) is 3.93. The SMILES string of the molecule is CO[C@]1(C)C[C@@H](C)CN(C(=O)OC(C)(C)C)[C@H](CNC2CC2)COC(=O)C(C)C(=O)[C@H](C)[C@H]1O[C@@H]1O[C@H](C)C[C@H](N(C)C)[C@H]1OC(=O)c1ccccc1. The second kappa shape index (κ2) is 18.0. The maximum atomic E-state index is 14.2. The van der Waals surface area contributed by atoms with Crippen LogP contribution in [0.25, 0.3) is 0 Å². The molecule has 1 saturated carbocycles. The highest BCUT2D eigenvalue weighted by Crippen LogP contribution is 2.37. The lowest BCUT2D eigenvalue weighted by molar-refractivity contribution is -0.294. The number of ketones is 1. The minimum absolute atomic E-state index is 0.105. The number of nitrogens with zero attached hydrogens (tertiary/aromatic N) is 2. The van der Waals surface area contributed by atoms with Crippen molar-refractivity contribution in [2.75, 3.05) is 40.9 Å². The molecule has 10 atom stereocenters. The number of carbonyl (C=O) groups is 4. The number of hydrogen-bond donors (Lipinski definition) is 1. The van der Waals surface area contributed by atoms with Gasteiger partial charge in [-0.15, -0.1) is 0 Å². The van der Waals surface area contributed by atoms with Gasteiger partial charge in [0.25, 0.3) is 0 Å². The van der Waals surface area contributed by atoms with E-state index in [4.69, 9.17) is 28.4 Å². The Kier molecular flexibility index (Phi) is 14.5. The molecule has 1 aromatic rings. The van der Waals surface area contributed by atoms with Crippen LogP contribution in [-0.2, 0) is 38.0 Å². The Morgan fingerprint density at radius 1 is 1.06 bits per heavy atom. The number of methoxy groups -OCH3 is 1. The van der Waals surface area contributed by atoms with Gasteiger partial charge >= 0.3 is 18.0 Å². The van der Waals surface area contributed by atoms with Gasteiger partial charge in [0.05, 0.1) is 35.5 Å². The molecular weight excluding hydrogens is 682 g/mol. The number of amides is 1. The van der Waals surface area contributed by atoms with Gasteiger partial charge in [-0.1, -0.05) is 32.0 Å². The van der Waals surface area contributed by atoms with Gasteiger partial charge in [-0.3, -0.25) is 9.59 Å². The van der Waals surface area contributed by atoms with Gasteiger partial charge in [0, 0.05) is 32.2 Å². The molecule has 0 bridgehead atoms. The van der Waals surface area contributed by atoms with Crippen LogP contribution in [0.2, 0.25) is 0 Å². The van der Waals surface area contributed by atoms with Crippen LogP contribution in [0.4, 0.5) is 4.79 Å². The van der Waals surface area contributed by atoms with E-state index in [9.17, 15) is 19.2 Å². The minimum Gasteiger partial charge on any atom is -0.463 e. The Morgan fingerprint density at radius 3 is 2.30 bits per heavy atom. The van der Waals surface area contributed by atoms with Gasteiger partial charge < -0.3 is 43.5 Å². The van der Waals surface area contributed by atoms with Gasteiger partial charge in [-0.2, -0.15) is 0 Å². The maximum Gasteiger partial charge on any atom is 0.410 e. The van der Waals surface area contributed by atoms with Crippen LogP contribution in [0.15, 0.2) is 30.3 Å². The third kappa shape index (κ3) is 11.5. The largest absolute Gasteiger partial charge is 0.463 e. The monoisotopic (exact) mass is 745 g/mol. The second-order valence-electron chi connectivity index (χ2n) is 16.7. The van der Waals surface area contributed by atoms with Crippen molar-refractivity contribution in [2.45, 2.75) is 135 Å². The van der Waals surface area contributed by atoms with Crippen molar-refractivity contribution in [1.82, 2.24) is 15.1 Å². The Morgan fingerprint density at radius 2 is 1.72 bits per heavy atom. The summed E-state index contributed by atoms with van der Waals surface area (Å²) in [5.74, 6) is -3.84. The fourth-order valence-corrected chi connectivity index (χ4v) is 7.38. The van der Waals surface area contributed by atoms with Crippen LogP contribution in [0, 0.1) is 17.8 Å². The first kappa shape index (κ1) is 42.6. The Labute approximate surface area is 315 Å². The number of hydrogen-bond acceptors (Lipinski definition) is 12. The maximum absolute atomic E-state index is 14.2. The molecule has 0 spiro atoms. The Hall–Kier alpha value is -3.10. The Bertz CT molecular complexity index is 1400. The van der Waals surface area contributed by atoms with E-state index in [1.165, 1.54) is 6.92 Å². The highest BCUT2D eigenvalue weighted by Gasteiger charge is 2.50. The number of ether oxygens (including phenoxy) is 6. The molecule has 1 aliphatic carbocycles. The molecule has 1 N–H and O–H groups in total. The van der Waals surface area contributed by atoms with Crippen LogP contribution >= 0.6 is 0 Å². The summed E-state index contributed by atoms with van der Waals surface area (Å²) in [6.45, 7) is 15.0. The molecular formula is C40H63N3O10. The van der Waals surface area contributed by atoms with Gasteiger partial charge in [-0.05, 0) is 99.4 Å². The lowest BCUT2D eigenvalue weighted by Crippen LogP contribution is -2.60. The summed E-state index contributed by atoms with van der Waals surface area (Å²) in [5.41, 5.74) is -1.51. The van der Waals surface area contributed by atoms with E-state index in [-0.39, 0.29) is 31.2 Å². The molecule has 0 aromatic heterocycles. The van der Waals surface area contributed by atoms with E-state index in [1.54, 1.807) is 43.2 Å². The normalized spacial score (nSPS) is 33.7. The summed E-state index contributed by atoms with van der Waals surface area (Å²) in [4.78, 5) is 58.7. The van der Waals surface area contributed by atoms with Gasteiger partial charge in [0.15, 0.2) is 18.2 Å². The molecule has 3 aliphatic rings. The number of carbonyl (C=O) groups excluding carboxylic acids is 4. The first-order valence-corrected chi connectivity index (χ1v) is 19.0. The molecule has 0 radical (unpaired) electrons. The van der Waals surface area contributed by atoms with Crippen LogP contribution < -0.4 is 5.32 Å². The number of rotatable bonds is 9. The van der Waals surface area contributed by atoms with E-state index in [2.05, 4.69) is 5.32 Å². The molecule has 2 aliphatic heterocycles. The lowest BCUT2D eigenvalue weighted by atomic mass is 9.78. The minimum atomic E-state index is -1.14. The first-order valence-electron chi connectivity index (χ1n) is 19.0. The Balaban J connectivity index is 1.73. The molecule has 3 fully saturated rings. The van der Waals surface area contributed by atoms with Crippen molar-refractivity contribution in [3.05, 3.63) is 35.9 Å². The standard InChI is InChI=1S/C40H63N3O10/c1-24-20-40(8,48-11)34(52-37-33(31(42(9)10)19-25(2)50-37)51-36(46)28-15-13-12-14-16-28)26(3)32(44)27(4)35(45)49-23-30(21-41-29-17-18-29)43(22-24)38(47)53-39(5,6)7/h12-16,24-27,29-31,33-34,37,41H,17-23H2,1-11H3/t24-,25-,26+,27?,30-,31+,33-,34-,37+,40-/m1/s1. The third-order valence-electron chi connectivity index (χ3n) is 10.5. The van der Waals surface area contributed by atoms with Crippen molar-refractivity contribution in [2.24, 2.45) is 17.8 Å². The lowest BCUT2D eigenvalue weighted by Gasteiger charge is -2.47. The van der Waals surface area contributed by atoms with E-state index in [1.807, 2.05) is 66.6 Å². The summed E-state index contributed by atoms with van der Waals surface area (Å²) < 4.78 is 37.4. The van der Waals surface area contributed by atoms with E-state index in [0.717, 1.165) is 12.8 Å². The van der Waals surface area contributed by atoms with Crippen LogP contribution in [0.3, 0.4) is 0 Å². The van der Waals surface area contributed by atoms with Crippen molar-refractivity contribution in [3.63, 3.8) is 0 Å². The molecule has 2 heterocycles. The number of benzene rings is 1. The number of nitrogens with one attached hydrogen (secondary N) is 1. The smallest absolute Gasteiger partial charge is 0.410 e. The van der Waals surface area contributed by atoms with Crippen molar-refractivity contribution in [1.29, 1.82) is 0 Å². The highest BCUT2D eigenvalue weighted by atomic mass is 16.7. The molecule has 1 unspecified atom stereocenters. The van der Waals surface area contributed by atoms with Crippen molar-refractivity contribution < 1.29 is 47.6 Å². The van der Waals surface area contributed by atoms with Crippen molar-refractivity contribution >= 4 is 23.8 Å². The van der Waals surface area contributed by atoms with Crippen LogP contribution in [0.1, 0.15) is 91.4 Å². The zero-order valence-electron chi connectivity index (χ0n) is 33.6. The first-order chi connectivity index (χ1) is 24.8. The topological polar surface area (TPSA) is 142 Å². The summed E-state index contributed by atoms with van der Waals surface area (Å²) in [6.07, 6.45) is -0.731. The summed E-state index contributed by atoms with van der Waals surface area (Å²) in [6, 6.07) is 8.24. The fraction of sp³-hybridized carbons (Fsp3) is 0.750. The average molecular weight is 746 g/mol. The van der Waals surface area contributed by atoms with Gasteiger partial charge in [-0.25, -0.2) is 9.59 Å². The number of cyclic esters (lactones) is 1. The molecule has 2 saturated heterocycles.